The van der Waals surface area contributed by atoms with Gasteiger partial charge in [0.05, 0.1) is 56.3 Å². The van der Waals surface area contributed by atoms with Gasteiger partial charge in [0.1, 0.15) is 28.8 Å². The van der Waals surface area contributed by atoms with E-state index in [1.807, 2.05) is 30.8 Å². The van der Waals surface area contributed by atoms with Crippen LogP contribution in [-0.4, -0.2) is 301 Å². The average Bonchev–Trinajstić information content (AvgIpc) is 1.55. The molecule has 1 aliphatic carbocycles. The summed E-state index contributed by atoms with van der Waals surface area (Å²) in [7, 11) is 0. The van der Waals surface area contributed by atoms with Crippen LogP contribution < -0.4 is 31.9 Å². The molecule has 15 heterocycles. The lowest BCUT2D eigenvalue weighted by atomic mass is 10.2. The van der Waals surface area contributed by atoms with Crippen LogP contribution in [0.25, 0.3) is 50.7 Å². The van der Waals surface area contributed by atoms with Crippen LogP contribution in [0.3, 0.4) is 0 Å². The standard InChI is InChI=1S/C23H29N9O2.2C22H29N9O3/c24-23-25-12-18(13-26-23)20-27-21(30-7-9-34-10-8-30)19-11-16(15-32(19)28-20)14-29-3-5-31(6-4-29)22(33)17-1-2-17;2*1-15(32)21(33)30-4-2-28(3-5-30)13-16-10-18-20(29-6-8-34-9-7-29)26-19(27-31(18)14-16)17-11-24-22(23)25-12-17/h11-13,15,17H,1-10,14H2,(H2,24,25,26);2*10-12,14-15,32H,2-9,13H2,1H3,(H2,23,24,25)/t;2*15-/m.10/s1. The van der Waals surface area contributed by atoms with Gasteiger partial charge in [0, 0.05) is 199 Å². The lowest BCUT2D eigenvalue weighted by Gasteiger charge is -2.35. The molecule has 3 amide bonds. The van der Waals surface area contributed by atoms with Crippen molar-refractivity contribution in [2.24, 2.45) is 5.92 Å². The van der Waals surface area contributed by atoms with Crippen molar-refractivity contribution in [2.45, 2.75) is 58.5 Å². The number of aliphatic hydroxyl groups excluding tert-OH is 2. The third kappa shape index (κ3) is 16.3. The summed E-state index contributed by atoms with van der Waals surface area (Å²) in [5.41, 5.74) is 25.3. The third-order valence-electron chi connectivity index (χ3n) is 19.1. The van der Waals surface area contributed by atoms with Crippen LogP contribution in [0.15, 0.2) is 74.0 Å². The molecule has 102 heavy (non-hydrogen) atoms. The van der Waals surface area contributed by atoms with Gasteiger partial charge in [0.15, 0.2) is 34.9 Å². The number of aromatic nitrogens is 15. The Kier molecular flexibility index (Phi) is 21.0. The van der Waals surface area contributed by atoms with Crippen molar-refractivity contribution in [1.29, 1.82) is 0 Å². The van der Waals surface area contributed by atoms with Crippen molar-refractivity contribution < 1.29 is 38.8 Å². The average molecular weight is 1400 g/mol. The maximum atomic E-state index is 12.4. The summed E-state index contributed by atoms with van der Waals surface area (Å²) in [5.74, 6) is 5.06. The maximum absolute atomic E-state index is 12.4. The molecule has 7 fully saturated rings. The molecule has 6 saturated heterocycles. The van der Waals surface area contributed by atoms with Gasteiger partial charge in [-0.3, -0.25) is 29.1 Å². The number of aliphatic hydroxyl groups is 2. The highest BCUT2D eigenvalue weighted by Gasteiger charge is 2.35. The fourth-order valence-electron chi connectivity index (χ4n) is 13.4. The Hall–Kier alpha value is -10.0. The molecule has 6 aliphatic heterocycles. The molecule has 9 aromatic rings. The van der Waals surface area contributed by atoms with Crippen molar-refractivity contribution in [3.8, 4) is 34.2 Å². The summed E-state index contributed by atoms with van der Waals surface area (Å²) in [6.07, 6.45) is 16.2. The molecule has 538 valence electrons. The van der Waals surface area contributed by atoms with Gasteiger partial charge >= 0.3 is 0 Å². The number of nitrogen functional groups attached to an aromatic ring is 3. The molecule has 35 nitrogen and oxygen atoms in total. The van der Waals surface area contributed by atoms with Gasteiger partial charge < -0.3 is 71.0 Å². The number of ether oxygens (including phenoxy) is 3. The van der Waals surface area contributed by atoms with E-state index in [4.69, 9.17) is 61.7 Å². The number of piperazine rings is 3. The van der Waals surface area contributed by atoms with E-state index in [1.54, 1.807) is 47.0 Å². The zero-order chi connectivity index (χ0) is 70.4. The highest BCUT2D eigenvalue weighted by molar-refractivity contribution is 5.82. The van der Waals surface area contributed by atoms with Gasteiger partial charge in [-0.15, -0.1) is 15.3 Å². The fraction of sp³-hybridized carbons (Fsp3) is 0.507. The molecule has 9 aromatic heterocycles. The van der Waals surface area contributed by atoms with Gasteiger partial charge in [-0.1, -0.05) is 0 Å². The summed E-state index contributed by atoms with van der Waals surface area (Å²) >= 11 is 0. The Labute approximate surface area is 587 Å². The number of rotatable bonds is 15. The number of morpholine rings is 3. The van der Waals surface area contributed by atoms with Gasteiger partial charge in [-0.2, -0.15) is 0 Å². The Balaban J connectivity index is 0.000000130. The van der Waals surface area contributed by atoms with E-state index >= 15 is 0 Å². The number of fused-ring (bicyclic) bond motifs is 3. The molecule has 16 rings (SSSR count). The maximum Gasteiger partial charge on any atom is 0.251 e. The molecular formula is C67H87N27O8. The van der Waals surface area contributed by atoms with E-state index in [0.717, 1.165) is 175 Å². The van der Waals surface area contributed by atoms with E-state index in [2.05, 4.69) is 83.7 Å². The van der Waals surface area contributed by atoms with Crippen LogP contribution >= 0.6 is 0 Å². The Morgan fingerprint density at radius 1 is 0.422 bits per heavy atom. The van der Waals surface area contributed by atoms with Gasteiger partial charge in [-0.05, 0) is 61.6 Å². The smallest absolute Gasteiger partial charge is 0.251 e. The first kappa shape index (κ1) is 69.1. The second-order valence-electron chi connectivity index (χ2n) is 26.5. The number of hydrogen-bond acceptors (Lipinski definition) is 29. The van der Waals surface area contributed by atoms with Crippen LogP contribution in [0.4, 0.5) is 35.3 Å². The van der Waals surface area contributed by atoms with Crippen molar-refractivity contribution in [2.75, 3.05) is 189 Å². The van der Waals surface area contributed by atoms with Crippen LogP contribution in [0.1, 0.15) is 43.4 Å². The number of hydrogen-bond donors (Lipinski definition) is 5. The summed E-state index contributed by atoms with van der Waals surface area (Å²) in [6.45, 7) is 22.7. The molecule has 0 unspecified atom stereocenters. The first-order valence-electron chi connectivity index (χ1n) is 34.9. The molecule has 7 aliphatic rings. The summed E-state index contributed by atoms with van der Waals surface area (Å²) in [6, 6.07) is 6.43. The highest BCUT2D eigenvalue weighted by atomic mass is 16.5. The normalized spacial score (nSPS) is 18.8. The van der Waals surface area contributed by atoms with Crippen molar-refractivity contribution in [3.63, 3.8) is 0 Å². The molecule has 0 radical (unpaired) electrons. The zero-order valence-corrected chi connectivity index (χ0v) is 57.5. The number of anilines is 6. The number of carbonyl (C=O) groups is 3. The van der Waals surface area contributed by atoms with E-state index in [9.17, 15) is 24.6 Å². The van der Waals surface area contributed by atoms with Crippen LogP contribution in [0, 0.1) is 5.92 Å². The molecule has 35 heteroatoms. The second kappa shape index (κ2) is 31.1. The SMILES string of the molecule is C[C@@H](O)C(=O)N1CCN(Cc2cc3c(N4CCOCC4)nc(-c4cnc(N)nc4)nn3c2)CC1.C[C@H](O)C(=O)N1CCN(Cc2cc3c(N4CCOCC4)nc(-c4cnc(N)nc4)nn3c2)CC1.Nc1ncc(-c2nc(N3CCOCC3)c3cc(CN4CCN(C(=O)C5CC5)CC4)cn3n2)cn1. The minimum Gasteiger partial charge on any atom is -0.384 e. The first-order valence-corrected chi connectivity index (χ1v) is 34.9. The Bertz CT molecular complexity index is 3930. The zero-order valence-electron chi connectivity index (χ0n) is 57.5. The van der Waals surface area contributed by atoms with E-state index in [0.29, 0.717) is 106 Å². The quantitative estimate of drug-likeness (QED) is 0.0896. The predicted molar refractivity (Wildman–Crippen MR) is 376 cm³/mol. The monoisotopic (exact) mass is 1400 g/mol. The molecule has 0 bridgehead atoms. The van der Waals surface area contributed by atoms with E-state index in [-0.39, 0.29) is 29.7 Å². The molecule has 1 saturated carbocycles. The van der Waals surface area contributed by atoms with Crippen molar-refractivity contribution in [1.82, 2.24) is 103 Å². The Morgan fingerprint density at radius 2 is 0.696 bits per heavy atom. The number of amides is 3. The second-order valence-corrected chi connectivity index (χ2v) is 26.5. The Morgan fingerprint density at radius 3 is 0.961 bits per heavy atom. The number of nitrogens with two attached hydrogens (primary N) is 3. The third-order valence-corrected chi connectivity index (χ3v) is 19.1. The van der Waals surface area contributed by atoms with Gasteiger partial charge in [-0.25, -0.2) is 58.4 Å². The predicted octanol–water partition coefficient (Wildman–Crippen LogP) is -0.0805. The topological polar surface area (TPSA) is 394 Å². The lowest BCUT2D eigenvalue weighted by Crippen LogP contribution is -2.50. The van der Waals surface area contributed by atoms with Gasteiger partial charge in [0.25, 0.3) is 11.8 Å². The lowest BCUT2D eigenvalue weighted by molar-refractivity contribution is -0.141. The summed E-state index contributed by atoms with van der Waals surface area (Å²) < 4.78 is 22.3. The molecule has 2 atom stereocenters. The minimum absolute atomic E-state index is 0.205. The molecular weight excluding hydrogens is 1310 g/mol. The summed E-state index contributed by atoms with van der Waals surface area (Å²) in [5, 5.41) is 33.3. The fourth-order valence-corrected chi connectivity index (χ4v) is 13.4. The van der Waals surface area contributed by atoms with E-state index in [1.165, 1.54) is 19.4 Å². The first-order chi connectivity index (χ1) is 49.6. The van der Waals surface area contributed by atoms with Crippen LogP contribution in [0.2, 0.25) is 0 Å². The molecule has 0 aromatic carbocycles. The van der Waals surface area contributed by atoms with Crippen molar-refractivity contribution >= 4 is 69.6 Å². The summed E-state index contributed by atoms with van der Waals surface area (Å²) in [4.78, 5) is 94.8. The van der Waals surface area contributed by atoms with Crippen LogP contribution in [-0.2, 0) is 48.2 Å². The number of nitrogens with zero attached hydrogens (tertiary/aromatic N) is 24. The van der Waals surface area contributed by atoms with Crippen LogP contribution in [0.5, 0.6) is 0 Å². The van der Waals surface area contributed by atoms with Crippen molar-refractivity contribution in [3.05, 3.63) is 90.7 Å². The highest BCUT2D eigenvalue weighted by Crippen LogP contribution is 2.33. The largest absolute Gasteiger partial charge is 0.384 e. The minimum atomic E-state index is -0.957. The molecule has 0 spiro atoms. The molecule has 8 N–H and O–H groups in total. The van der Waals surface area contributed by atoms with E-state index < -0.39 is 12.2 Å². The van der Waals surface area contributed by atoms with Gasteiger partial charge in [0.2, 0.25) is 23.8 Å². The number of carbonyl (C=O) groups excluding carboxylic acids is 3.